The lowest BCUT2D eigenvalue weighted by atomic mass is 9.94. The summed E-state index contributed by atoms with van der Waals surface area (Å²) in [5.41, 5.74) is 3.20. The number of allylic oxidation sites excluding steroid dienone is 2. The van der Waals surface area contributed by atoms with Gasteiger partial charge in [-0.15, -0.1) is 0 Å². The highest BCUT2D eigenvalue weighted by Gasteiger charge is 2.25. The van der Waals surface area contributed by atoms with E-state index in [1.807, 2.05) is 18.2 Å². The van der Waals surface area contributed by atoms with E-state index in [4.69, 9.17) is 9.94 Å². The number of hydrogen-bond acceptors (Lipinski definition) is 5. The molecule has 1 fully saturated rings. The standard InChI is InChI=1S/C17H22N2O3/c20-15(12-19-5-7-22-8-6-19)10-13-9-14(11-18-21)17-4-2-1-3-16(13)17/h1-4,9,11,13,15,20-21H,5-8,10,12H2/b18-11-/t13-,15-/m0/s1. The highest BCUT2D eigenvalue weighted by atomic mass is 16.5. The molecule has 1 aliphatic heterocycles. The Morgan fingerprint density at radius 3 is 2.86 bits per heavy atom. The Balaban J connectivity index is 1.66. The minimum Gasteiger partial charge on any atom is -0.411 e. The van der Waals surface area contributed by atoms with Gasteiger partial charge in [0.05, 0.1) is 25.5 Å². The van der Waals surface area contributed by atoms with Crippen LogP contribution in [-0.2, 0) is 4.74 Å². The van der Waals surface area contributed by atoms with Crippen LogP contribution in [0.1, 0.15) is 23.5 Å². The number of fused-ring (bicyclic) bond motifs is 1. The van der Waals surface area contributed by atoms with Crippen molar-refractivity contribution < 1.29 is 15.1 Å². The summed E-state index contributed by atoms with van der Waals surface area (Å²) in [4.78, 5) is 2.24. The van der Waals surface area contributed by atoms with Gasteiger partial charge in [0.2, 0.25) is 0 Å². The molecule has 0 amide bonds. The first-order valence-electron chi connectivity index (χ1n) is 7.74. The first kappa shape index (κ1) is 15.2. The fourth-order valence-electron chi connectivity index (χ4n) is 3.30. The molecule has 2 N–H and O–H groups in total. The van der Waals surface area contributed by atoms with Crippen LogP contribution in [0.3, 0.4) is 0 Å². The van der Waals surface area contributed by atoms with E-state index in [2.05, 4.69) is 22.2 Å². The lowest BCUT2D eigenvalue weighted by Gasteiger charge is -2.29. The van der Waals surface area contributed by atoms with E-state index in [-0.39, 0.29) is 12.0 Å². The number of rotatable bonds is 5. The number of morpholine rings is 1. The van der Waals surface area contributed by atoms with Crippen molar-refractivity contribution in [2.24, 2.45) is 5.16 Å². The molecule has 0 radical (unpaired) electrons. The highest BCUT2D eigenvalue weighted by Crippen LogP contribution is 2.37. The summed E-state index contributed by atoms with van der Waals surface area (Å²) in [6.07, 6.45) is 3.84. The third kappa shape index (κ3) is 3.38. The average molecular weight is 302 g/mol. The topological polar surface area (TPSA) is 65.3 Å². The first-order chi connectivity index (χ1) is 10.8. The van der Waals surface area contributed by atoms with Gasteiger partial charge in [-0.1, -0.05) is 35.5 Å². The molecule has 3 rings (SSSR count). The average Bonchev–Trinajstić information content (AvgIpc) is 2.87. The van der Waals surface area contributed by atoms with Crippen LogP contribution in [0.25, 0.3) is 5.57 Å². The van der Waals surface area contributed by atoms with E-state index in [0.29, 0.717) is 13.0 Å². The molecule has 1 aliphatic carbocycles. The van der Waals surface area contributed by atoms with Gasteiger partial charge in [0.1, 0.15) is 0 Å². The fraction of sp³-hybridized carbons (Fsp3) is 0.471. The monoisotopic (exact) mass is 302 g/mol. The molecule has 5 heteroatoms. The van der Waals surface area contributed by atoms with E-state index in [1.54, 1.807) is 0 Å². The van der Waals surface area contributed by atoms with Crippen LogP contribution in [0, 0.1) is 0 Å². The SMILES string of the molecule is O/N=C\C1=C[C@@H](C[C@H](O)CN2CCOCC2)c2ccccc21. The molecule has 0 aromatic heterocycles. The summed E-state index contributed by atoms with van der Waals surface area (Å²) in [6.45, 7) is 3.94. The Bertz CT molecular complexity index is 565. The Morgan fingerprint density at radius 1 is 1.32 bits per heavy atom. The molecule has 1 aromatic carbocycles. The number of aliphatic hydroxyl groups excluding tert-OH is 1. The molecular formula is C17H22N2O3. The maximum atomic E-state index is 10.4. The van der Waals surface area contributed by atoms with E-state index >= 15 is 0 Å². The van der Waals surface area contributed by atoms with Gasteiger partial charge in [-0.2, -0.15) is 0 Å². The number of aliphatic hydroxyl groups is 1. The van der Waals surface area contributed by atoms with Gasteiger partial charge in [0.25, 0.3) is 0 Å². The van der Waals surface area contributed by atoms with Crippen molar-refractivity contribution in [3.8, 4) is 0 Å². The Morgan fingerprint density at radius 2 is 2.09 bits per heavy atom. The quantitative estimate of drug-likeness (QED) is 0.494. The number of nitrogens with zero attached hydrogens (tertiary/aromatic N) is 2. The van der Waals surface area contributed by atoms with Crippen LogP contribution in [0.4, 0.5) is 0 Å². The smallest absolute Gasteiger partial charge is 0.0736 e. The summed E-state index contributed by atoms with van der Waals surface area (Å²) in [7, 11) is 0. The highest BCUT2D eigenvalue weighted by molar-refractivity contribution is 6.11. The molecule has 1 heterocycles. The Hall–Kier alpha value is -1.69. The van der Waals surface area contributed by atoms with Gasteiger partial charge in [-0.05, 0) is 17.5 Å². The van der Waals surface area contributed by atoms with Crippen molar-refractivity contribution in [3.05, 3.63) is 41.5 Å². The molecule has 0 unspecified atom stereocenters. The number of β-amino-alcohol motifs (C(OH)–C–C–N with tert-alkyl or cyclic N) is 1. The van der Waals surface area contributed by atoms with Crippen LogP contribution in [-0.4, -0.2) is 60.4 Å². The van der Waals surface area contributed by atoms with E-state index in [0.717, 1.165) is 37.4 Å². The van der Waals surface area contributed by atoms with E-state index < -0.39 is 0 Å². The zero-order chi connectivity index (χ0) is 15.4. The van der Waals surface area contributed by atoms with Crippen molar-refractivity contribution in [2.75, 3.05) is 32.8 Å². The van der Waals surface area contributed by atoms with Gasteiger partial charge in [-0.3, -0.25) is 4.90 Å². The van der Waals surface area contributed by atoms with Crippen molar-refractivity contribution in [1.29, 1.82) is 0 Å². The summed E-state index contributed by atoms with van der Waals surface area (Å²) >= 11 is 0. The van der Waals surface area contributed by atoms with Crippen LogP contribution in [0.5, 0.6) is 0 Å². The van der Waals surface area contributed by atoms with Crippen molar-refractivity contribution in [3.63, 3.8) is 0 Å². The summed E-state index contributed by atoms with van der Waals surface area (Å²) in [6, 6.07) is 8.09. The molecule has 1 aromatic rings. The molecule has 0 bridgehead atoms. The van der Waals surface area contributed by atoms with Crippen molar-refractivity contribution in [2.45, 2.75) is 18.4 Å². The Labute approximate surface area is 130 Å². The number of oxime groups is 1. The molecular weight excluding hydrogens is 280 g/mol. The second-order valence-corrected chi connectivity index (χ2v) is 5.86. The van der Waals surface area contributed by atoms with Crippen molar-refractivity contribution >= 4 is 11.8 Å². The summed E-state index contributed by atoms with van der Waals surface area (Å²) in [5.74, 6) is 0.167. The number of ether oxygens (including phenoxy) is 1. The van der Waals surface area contributed by atoms with Crippen LogP contribution < -0.4 is 0 Å². The number of hydrogen-bond donors (Lipinski definition) is 2. The molecule has 1 saturated heterocycles. The third-order valence-electron chi connectivity index (χ3n) is 4.35. The summed E-state index contributed by atoms with van der Waals surface area (Å²) < 4.78 is 5.33. The van der Waals surface area contributed by atoms with Gasteiger partial charge >= 0.3 is 0 Å². The molecule has 118 valence electrons. The van der Waals surface area contributed by atoms with Crippen LogP contribution >= 0.6 is 0 Å². The number of benzene rings is 1. The van der Waals surface area contributed by atoms with Crippen molar-refractivity contribution in [1.82, 2.24) is 4.90 Å². The minimum atomic E-state index is -0.377. The van der Waals surface area contributed by atoms with E-state index in [9.17, 15) is 5.11 Å². The predicted octanol–water partition coefficient (Wildman–Crippen LogP) is 1.71. The van der Waals surface area contributed by atoms with Gasteiger partial charge < -0.3 is 15.1 Å². The van der Waals surface area contributed by atoms with Gasteiger partial charge in [0, 0.05) is 31.1 Å². The maximum absolute atomic E-state index is 10.4. The maximum Gasteiger partial charge on any atom is 0.0736 e. The van der Waals surface area contributed by atoms with Crippen LogP contribution in [0.15, 0.2) is 35.5 Å². The molecule has 2 atom stereocenters. The second kappa shape index (κ2) is 7.05. The lowest BCUT2D eigenvalue weighted by molar-refractivity contribution is 0.0126. The third-order valence-corrected chi connectivity index (χ3v) is 4.35. The molecule has 0 saturated carbocycles. The first-order valence-corrected chi connectivity index (χ1v) is 7.74. The van der Waals surface area contributed by atoms with Gasteiger partial charge in [0.15, 0.2) is 0 Å². The Kier molecular flexibility index (Phi) is 4.87. The fourth-order valence-corrected chi connectivity index (χ4v) is 3.30. The normalized spacial score (nSPS) is 23.5. The molecule has 0 spiro atoms. The molecule has 22 heavy (non-hydrogen) atoms. The minimum absolute atomic E-state index is 0.167. The predicted molar refractivity (Wildman–Crippen MR) is 85.3 cm³/mol. The summed E-state index contributed by atoms with van der Waals surface area (Å²) in [5, 5.41) is 22.4. The van der Waals surface area contributed by atoms with E-state index in [1.165, 1.54) is 11.8 Å². The van der Waals surface area contributed by atoms with Crippen LogP contribution in [0.2, 0.25) is 0 Å². The zero-order valence-electron chi connectivity index (χ0n) is 12.6. The second-order valence-electron chi connectivity index (χ2n) is 5.86. The zero-order valence-corrected chi connectivity index (χ0v) is 12.6. The largest absolute Gasteiger partial charge is 0.411 e. The molecule has 5 nitrogen and oxygen atoms in total. The van der Waals surface area contributed by atoms with Gasteiger partial charge in [-0.25, -0.2) is 0 Å². The molecule has 2 aliphatic rings. The lowest BCUT2D eigenvalue weighted by Crippen LogP contribution is -2.41.